The van der Waals surface area contributed by atoms with E-state index in [1.54, 1.807) is 0 Å². The van der Waals surface area contributed by atoms with E-state index in [0.29, 0.717) is 31.1 Å². The van der Waals surface area contributed by atoms with Crippen molar-refractivity contribution in [1.29, 1.82) is 0 Å². The largest absolute Gasteiger partial charge is 0.351 e. The molecule has 3 rings (SSSR count). The number of nitrogens with zero attached hydrogens (tertiary/aromatic N) is 2. The number of carbonyl (C=O) groups is 2. The first-order valence-corrected chi connectivity index (χ1v) is 12.3. The van der Waals surface area contributed by atoms with E-state index in [2.05, 4.69) is 68.2 Å². The van der Waals surface area contributed by atoms with Gasteiger partial charge < -0.3 is 10.2 Å². The quantitative estimate of drug-likeness (QED) is 0.642. The zero-order chi connectivity index (χ0) is 22.4. The van der Waals surface area contributed by atoms with E-state index in [1.165, 1.54) is 5.56 Å². The number of piperidine rings is 1. The molecule has 2 heterocycles. The number of hydrogen-bond acceptors (Lipinski definition) is 3. The van der Waals surface area contributed by atoms with Crippen molar-refractivity contribution in [2.45, 2.75) is 84.3 Å². The van der Waals surface area contributed by atoms with Crippen LogP contribution in [0.15, 0.2) is 30.3 Å². The molecular formula is C26H41N3O2. The summed E-state index contributed by atoms with van der Waals surface area (Å²) in [4.78, 5) is 30.8. The minimum absolute atomic E-state index is 0.0533. The number of likely N-dealkylation sites (tertiary alicyclic amines) is 2. The third kappa shape index (κ3) is 5.68. The predicted octanol–water partition coefficient (Wildman–Crippen LogP) is 4.22. The predicted molar refractivity (Wildman–Crippen MR) is 125 cm³/mol. The maximum atomic E-state index is 13.5. The summed E-state index contributed by atoms with van der Waals surface area (Å²) in [7, 11) is 0. The van der Waals surface area contributed by atoms with Crippen LogP contribution in [0.3, 0.4) is 0 Å². The Morgan fingerprint density at radius 1 is 1.13 bits per heavy atom. The van der Waals surface area contributed by atoms with Crippen LogP contribution in [0.4, 0.5) is 0 Å². The van der Waals surface area contributed by atoms with Crippen molar-refractivity contribution < 1.29 is 9.59 Å². The van der Waals surface area contributed by atoms with Gasteiger partial charge in [0.2, 0.25) is 11.8 Å². The molecule has 0 spiro atoms. The van der Waals surface area contributed by atoms with Gasteiger partial charge >= 0.3 is 0 Å². The molecule has 2 saturated heterocycles. The summed E-state index contributed by atoms with van der Waals surface area (Å²) in [5.74, 6) is 1.16. The van der Waals surface area contributed by atoms with Crippen LogP contribution in [0.25, 0.3) is 0 Å². The van der Waals surface area contributed by atoms with E-state index in [0.717, 1.165) is 45.4 Å². The fraction of sp³-hybridized carbons (Fsp3) is 0.692. The second-order valence-corrected chi connectivity index (χ2v) is 9.95. The SMILES string of the molecule is CCC(CC)(C(=O)NC1CCN(Cc2ccccc2)CC1)N1C[C@@H](CC(C)C)CC1=O. The Morgan fingerprint density at radius 3 is 2.35 bits per heavy atom. The van der Waals surface area contributed by atoms with E-state index in [9.17, 15) is 9.59 Å². The molecule has 0 bridgehead atoms. The number of amides is 2. The summed E-state index contributed by atoms with van der Waals surface area (Å²) in [5, 5.41) is 3.34. The number of hydrogen-bond donors (Lipinski definition) is 1. The molecule has 2 amide bonds. The number of benzene rings is 1. The molecule has 2 fully saturated rings. The zero-order valence-electron chi connectivity index (χ0n) is 19.9. The van der Waals surface area contributed by atoms with E-state index >= 15 is 0 Å². The van der Waals surface area contributed by atoms with Crippen LogP contribution in [0.1, 0.15) is 71.8 Å². The van der Waals surface area contributed by atoms with Crippen LogP contribution < -0.4 is 5.32 Å². The lowest BCUT2D eigenvalue weighted by molar-refractivity contribution is -0.146. The number of nitrogens with one attached hydrogen (secondary N) is 1. The van der Waals surface area contributed by atoms with Crippen LogP contribution in [0.5, 0.6) is 0 Å². The van der Waals surface area contributed by atoms with Gasteiger partial charge in [0.25, 0.3) is 0 Å². The minimum Gasteiger partial charge on any atom is -0.351 e. The molecule has 0 unspecified atom stereocenters. The van der Waals surface area contributed by atoms with Crippen molar-refractivity contribution in [3.05, 3.63) is 35.9 Å². The Kier molecular flexibility index (Phi) is 8.15. The second-order valence-electron chi connectivity index (χ2n) is 9.95. The lowest BCUT2D eigenvalue weighted by atomic mass is 9.88. The van der Waals surface area contributed by atoms with Gasteiger partial charge in [-0.15, -0.1) is 0 Å². The maximum absolute atomic E-state index is 13.5. The van der Waals surface area contributed by atoms with Crippen molar-refractivity contribution in [3.8, 4) is 0 Å². The van der Waals surface area contributed by atoms with Crippen LogP contribution in [0, 0.1) is 11.8 Å². The summed E-state index contributed by atoms with van der Waals surface area (Å²) >= 11 is 0. The Balaban J connectivity index is 1.58. The molecule has 0 aromatic heterocycles. The van der Waals surface area contributed by atoms with Gasteiger partial charge in [0, 0.05) is 38.6 Å². The van der Waals surface area contributed by atoms with Crippen LogP contribution in [-0.2, 0) is 16.1 Å². The lowest BCUT2D eigenvalue weighted by Gasteiger charge is -2.41. The normalized spacial score (nSPS) is 21.1. The van der Waals surface area contributed by atoms with E-state index in [1.807, 2.05) is 4.90 Å². The topological polar surface area (TPSA) is 52.7 Å². The molecule has 5 heteroatoms. The van der Waals surface area contributed by atoms with Crippen LogP contribution in [-0.4, -0.2) is 52.8 Å². The molecule has 0 aliphatic carbocycles. The van der Waals surface area contributed by atoms with E-state index in [4.69, 9.17) is 0 Å². The van der Waals surface area contributed by atoms with Gasteiger partial charge in [-0.25, -0.2) is 0 Å². The summed E-state index contributed by atoms with van der Waals surface area (Å²) < 4.78 is 0. The third-order valence-electron chi connectivity index (χ3n) is 7.29. The monoisotopic (exact) mass is 427 g/mol. The first-order valence-electron chi connectivity index (χ1n) is 12.3. The standard InChI is InChI=1S/C26H41N3O2/c1-5-26(6-2,29-19-22(16-20(3)4)17-24(29)30)25(31)27-23-12-14-28(15-13-23)18-21-10-8-7-9-11-21/h7-11,20,22-23H,5-6,12-19H2,1-4H3,(H,27,31)/t22-/m0/s1. The molecule has 1 aromatic rings. The molecule has 0 saturated carbocycles. The third-order valence-corrected chi connectivity index (χ3v) is 7.29. The molecule has 31 heavy (non-hydrogen) atoms. The van der Waals surface area contributed by atoms with Crippen molar-refractivity contribution in [3.63, 3.8) is 0 Å². The summed E-state index contributed by atoms with van der Waals surface area (Å²) in [6.07, 6.45) is 4.90. The van der Waals surface area contributed by atoms with Gasteiger partial charge in [-0.2, -0.15) is 0 Å². The highest BCUT2D eigenvalue weighted by Crippen LogP contribution is 2.34. The van der Waals surface area contributed by atoms with Gasteiger partial charge in [-0.1, -0.05) is 58.0 Å². The average Bonchev–Trinajstić information content (AvgIpc) is 3.11. The van der Waals surface area contributed by atoms with Crippen molar-refractivity contribution in [1.82, 2.24) is 15.1 Å². The molecule has 2 aliphatic rings. The second kappa shape index (κ2) is 10.6. The Labute approximate surface area is 188 Å². The zero-order valence-corrected chi connectivity index (χ0v) is 19.9. The van der Waals surface area contributed by atoms with Crippen LogP contribution in [0.2, 0.25) is 0 Å². The molecule has 2 aliphatic heterocycles. The van der Waals surface area contributed by atoms with Crippen molar-refractivity contribution in [2.24, 2.45) is 11.8 Å². The van der Waals surface area contributed by atoms with Crippen molar-refractivity contribution >= 4 is 11.8 Å². The minimum atomic E-state index is -0.704. The lowest BCUT2D eigenvalue weighted by Crippen LogP contribution is -2.61. The summed E-state index contributed by atoms with van der Waals surface area (Å²) in [6.45, 7) is 12.2. The maximum Gasteiger partial charge on any atom is 0.246 e. The molecule has 1 N–H and O–H groups in total. The highest BCUT2D eigenvalue weighted by Gasteiger charge is 2.47. The average molecular weight is 428 g/mol. The Bertz CT molecular complexity index is 721. The van der Waals surface area contributed by atoms with Gasteiger partial charge in [0.05, 0.1) is 0 Å². The molecule has 1 aromatic carbocycles. The highest BCUT2D eigenvalue weighted by molar-refractivity contribution is 5.92. The fourth-order valence-electron chi connectivity index (χ4n) is 5.49. The van der Waals surface area contributed by atoms with Gasteiger partial charge in [-0.05, 0) is 49.5 Å². The first-order chi connectivity index (χ1) is 14.9. The van der Waals surface area contributed by atoms with Crippen LogP contribution >= 0.6 is 0 Å². The first kappa shape index (κ1) is 23.8. The van der Waals surface area contributed by atoms with E-state index in [-0.39, 0.29) is 17.9 Å². The van der Waals surface area contributed by atoms with Gasteiger partial charge in [-0.3, -0.25) is 14.5 Å². The Morgan fingerprint density at radius 2 is 1.77 bits per heavy atom. The molecular weight excluding hydrogens is 386 g/mol. The van der Waals surface area contributed by atoms with Gasteiger partial charge in [0.1, 0.15) is 5.54 Å². The number of rotatable bonds is 9. The van der Waals surface area contributed by atoms with Crippen molar-refractivity contribution in [2.75, 3.05) is 19.6 Å². The van der Waals surface area contributed by atoms with Gasteiger partial charge in [0.15, 0.2) is 0 Å². The molecule has 5 nitrogen and oxygen atoms in total. The smallest absolute Gasteiger partial charge is 0.246 e. The Hall–Kier alpha value is -1.88. The summed E-state index contributed by atoms with van der Waals surface area (Å²) in [6, 6.07) is 10.8. The fourth-order valence-corrected chi connectivity index (χ4v) is 5.49. The molecule has 1 atom stereocenters. The number of carbonyl (C=O) groups excluding carboxylic acids is 2. The molecule has 172 valence electrons. The molecule has 0 radical (unpaired) electrons. The summed E-state index contributed by atoms with van der Waals surface area (Å²) in [5.41, 5.74) is 0.633. The van der Waals surface area contributed by atoms with E-state index < -0.39 is 5.54 Å². The highest BCUT2D eigenvalue weighted by atomic mass is 16.2.